The van der Waals surface area contributed by atoms with E-state index in [4.69, 9.17) is 0 Å². The highest BCUT2D eigenvalue weighted by Crippen LogP contribution is 2.21. The van der Waals surface area contributed by atoms with E-state index in [-0.39, 0.29) is 17.9 Å². The third-order valence-corrected chi connectivity index (χ3v) is 5.68. The van der Waals surface area contributed by atoms with E-state index in [1.807, 2.05) is 65.6 Å². The number of rotatable bonds is 3. The Balaban J connectivity index is 1.40. The summed E-state index contributed by atoms with van der Waals surface area (Å²) in [5.74, 6) is -0.0493. The molecule has 28 heavy (non-hydrogen) atoms. The lowest BCUT2D eigenvalue weighted by atomic mass is 10.0. The summed E-state index contributed by atoms with van der Waals surface area (Å²) in [5.41, 5.74) is 1.32. The van der Waals surface area contributed by atoms with Crippen molar-refractivity contribution in [3.8, 4) is 0 Å². The number of amides is 2. The molecule has 0 unspecified atom stereocenters. The van der Waals surface area contributed by atoms with Crippen molar-refractivity contribution < 1.29 is 9.59 Å². The summed E-state index contributed by atoms with van der Waals surface area (Å²) in [6, 6.07) is 21.1. The van der Waals surface area contributed by atoms with Gasteiger partial charge in [-0.3, -0.25) is 9.59 Å². The molecule has 5 heteroatoms. The second-order valence-electron chi connectivity index (χ2n) is 7.08. The first-order valence-electron chi connectivity index (χ1n) is 9.49. The average molecular weight is 391 g/mol. The molecular weight excluding hydrogens is 368 g/mol. The van der Waals surface area contributed by atoms with Gasteiger partial charge < -0.3 is 10.2 Å². The predicted molar refractivity (Wildman–Crippen MR) is 114 cm³/mol. The van der Waals surface area contributed by atoms with Gasteiger partial charge in [0.05, 0.1) is 5.56 Å². The van der Waals surface area contributed by atoms with Crippen molar-refractivity contribution in [3.63, 3.8) is 0 Å². The average Bonchev–Trinajstić information content (AvgIpc) is 2.73. The SMILES string of the molecule is O=C(NC1CCN(C(=O)c2ccccc2S)CC1)c1cccc2ccccc12. The van der Waals surface area contributed by atoms with Crippen LogP contribution in [-0.4, -0.2) is 35.8 Å². The molecule has 142 valence electrons. The Labute approximate surface area is 170 Å². The molecule has 1 aliphatic rings. The maximum atomic E-state index is 12.8. The Morgan fingerprint density at radius 3 is 2.29 bits per heavy atom. The Morgan fingerprint density at radius 2 is 1.50 bits per heavy atom. The Hall–Kier alpha value is -2.79. The molecule has 1 fully saturated rings. The van der Waals surface area contributed by atoms with Crippen LogP contribution in [0.15, 0.2) is 71.6 Å². The van der Waals surface area contributed by atoms with Gasteiger partial charge in [-0.25, -0.2) is 0 Å². The number of fused-ring (bicyclic) bond motifs is 1. The van der Waals surface area contributed by atoms with E-state index in [9.17, 15) is 9.59 Å². The third kappa shape index (κ3) is 3.76. The molecule has 0 radical (unpaired) electrons. The minimum atomic E-state index is -0.0534. The highest BCUT2D eigenvalue weighted by atomic mass is 32.1. The first kappa shape index (κ1) is 18.6. The van der Waals surface area contributed by atoms with Gasteiger partial charge in [0.2, 0.25) is 0 Å². The molecule has 1 saturated heterocycles. The summed E-state index contributed by atoms with van der Waals surface area (Å²) in [6.07, 6.45) is 1.49. The van der Waals surface area contributed by atoms with Crippen molar-refractivity contribution in [1.82, 2.24) is 10.2 Å². The van der Waals surface area contributed by atoms with Crippen LogP contribution in [0.5, 0.6) is 0 Å². The van der Waals surface area contributed by atoms with Crippen LogP contribution in [-0.2, 0) is 0 Å². The quantitative estimate of drug-likeness (QED) is 0.660. The van der Waals surface area contributed by atoms with Crippen LogP contribution < -0.4 is 5.32 Å². The first-order chi connectivity index (χ1) is 13.6. The van der Waals surface area contributed by atoms with Crippen LogP contribution in [0.1, 0.15) is 33.6 Å². The summed E-state index contributed by atoms with van der Waals surface area (Å²) in [6.45, 7) is 1.25. The zero-order valence-electron chi connectivity index (χ0n) is 15.5. The molecule has 0 aliphatic carbocycles. The molecule has 2 amide bonds. The first-order valence-corrected chi connectivity index (χ1v) is 9.94. The van der Waals surface area contributed by atoms with Crippen LogP contribution in [0.2, 0.25) is 0 Å². The number of hydrogen-bond acceptors (Lipinski definition) is 3. The van der Waals surface area contributed by atoms with Crippen LogP contribution in [0.4, 0.5) is 0 Å². The van der Waals surface area contributed by atoms with E-state index in [2.05, 4.69) is 17.9 Å². The lowest BCUT2D eigenvalue weighted by molar-refractivity contribution is 0.0695. The number of piperidine rings is 1. The highest BCUT2D eigenvalue weighted by Gasteiger charge is 2.26. The molecule has 0 saturated carbocycles. The predicted octanol–water partition coefficient (Wildman–Crippen LogP) is 4.16. The maximum absolute atomic E-state index is 12.8. The van der Waals surface area contributed by atoms with Crippen LogP contribution in [0.3, 0.4) is 0 Å². The molecule has 1 N–H and O–H groups in total. The summed E-state index contributed by atoms with van der Waals surface area (Å²) < 4.78 is 0. The molecular formula is C23H22N2O2S. The number of thiol groups is 1. The van der Waals surface area contributed by atoms with Gasteiger partial charge in [0.15, 0.2) is 0 Å². The molecule has 3 aromatic rings. The summed E-state index contributed by atoms with van der Waals surface area (Å²) >= 11 is 4.39. The van der Waals surface area contributed by atoms with Gasteiger partial charge in [0, 0.05) is 29.6 Å². The zero-order valence-corrected chi connectivity index (χ0v) is 16.4. The van der Waals surface area contributed by atoms with E-state index in [0.29, 0.717) is 29.1 Å². The molecule has 0 atom stereocenters. The molecule has 1 aliphatic heterocycles. The second kappa shape index (κ2) is 8.07. The summed E-state index contributed by atoms with van der Waals surface area (Å²) in [5, 5.41) is 5.16. The topological polar surface area (TPSA) is 49.4 Å². The summed E-state index contributed by atoms with van der Waals surface area (Å²) in [4.78, 5) is 28.0. The normalized spacial score (nSPS) is 14.8. The van der Waals surface area contributed by atoms with Gasteiger partial charge in [0.25, 0.3) is 11.8 Å². The van der Waals surface area contributed by atoms with E-state index in [1.165, 1.54) is 0 Å². The minimum Gasteiger partial charge on any atom is -0.349 e. The monoisotopic (exact) mass is 390 g/mol. The number of hydrogen-bond donors (Lipinski definition) is 2. The second-order valence-corrected chi connectivity index (χ2v) is 7.57. The van der Waals surface area contributed by atoms with E-state index < -0.39 is 0 Å². The van der Waals surface area contributed by atoms with Gasteiger partial charge in [0.1, 0.15) is 0 Å². The number of carbonyl (C=O) groups is 2. The van der Waals surface area contributed by atoms with Crippen LogP contribution >= 0.6 is 12.6 Å². The molecule has 3 aromatic carbocycles. The van der Waals surface area contributed by atoms with Crippen LogP contribution in [0.25, 0.3) is 10.8 Å². The zero-order chi connectivity index (χ0) is 19.5. The van der Waals surface area contributed by atoms with Crippen molar-refractivity contribution in [2.75, 3.05) is 13.1 Å². The number of nitrogens with zero attached hydrogens (tertiary/aromatic N) is 1. The molecule has 0 aromatic heterocycles. The molecule has 0 spiro atoms. The van der Waals surface area contributed by atoms with Crippen molar-refractivity contribution in [3.05, 3.63) is 77.9 Å². The number of carbonyl (C=O) groups excluding carboxylic acids is 2. The van der Waals surface area contributed by atoms with Crippen molar-refractivity contribution in [2.45, 2.75) is 23.8 Å². The molecule has 4 rings (SSSR count). The van der Waals surface area contributed by atoms with Crippen molar-refractivity contribution in [1.29, 1.82) is 0 Å². The smallest absolute Gasteiger partial charge is 0.254 e. The number of likely N-dealkylation sites (tertiary alicyclic amines) is 1. The van der Waals surface area contributed by atoms with Gasteiger partial charge in [-0.2, -0.15) is 0 Å². The number of benzene rings is 3. The molecule has 0 bridgehead atoms. The fraction of sp³-hybridized carbons (Fsp3) is 0.217. The Bertz CT molecular complexity index is 1020. The van der Waals surface area contributed by atoms with Crippen molar-refractivity contribution >= 4 is 35.2 Å². The largest absolute Gasteiger partial charge is 0.349 e. The fourth-order valence-corrected chi connectivity index (χ4v) is 3.99. The van der Waals surface area contributed by atoms with Crippen molar-refractivity contribution in [2.24, 2.45) is 0 Å². The Kier molecular flexibility index (Phi) is 5.35. The lowest BCUT2D eigenvalue weighted by Crippen LogP contribution is -2.46. The third-order valence-electron chi connectivity index (χ3n) is 5.29. The van der Waals surface area contributed by atoms with E-state index in [0.717, 1.165) is 23.6 Å². The van der Waals surface area contributed by atoms with Gasteiger partial charge in [-0.15, -0.1) is 12.6 Å². The standard InChI is InChI=1S/C23H22N2O2S/c26-22(19-10-5-7-16-6-1-2-8-18(16)19)24-17-12-14-25(15-13-17)23(27)20-9-3-4-11-21(20)28/h1-11,17,28H,12-15H2,(H,24,26). The highest BCUT2D eigenvalue weighted by molar-refractivity contribution is 7.80. The number of nitrogens with one attached hydrogen (secondary N) is 1. The minimum absolute atomic E-state index is 0.00410. The lowest BCUT2D eigenvalue weighted by Gasteiger charge is -2.32. The summed E-state index contributed by atoms with van der Waals surface area (Å²) in [7, 11) is 0. The molecule has 4 nitrogen and oxygen atoms in total. The van der Waals surface area contributed by atoms with Gasteiger partial charge in [-0.1, -0.05) is 48.5 Å². The van der Waals surface area contributed by atoms with E-state index in [1.54, 1.807) is 6.07 Å². The van der Waals surface area contributed by atoms with Crippen LogP contribution in [0, 0.1) is 0 Å². The van der Waals surface area contributed by atoms with Gasteiger partial charge >= 0.3 is 0 Å². The van der Waals surface area contributed by atoms with E-state index >= 15 is 0 Å². The maximum Gasteiger partial charge on any atom is 0.254 e. The molecule has 1 heterocycles. The fourth-order valence-electron chi connectivity index (χ4n) is 3.74. The Morgan fingerprint density at radius 1 is 0.857 bits per heavy atom. The van der Waals surface area contributed by atoms with Gasteiger partial charge in [-0.05, 0) is 41.8 Å².